The fourth-order valence-electron chi connectivity index (χ4n) is 3.99. The maximum absolute atomic E-state index is 8.83. The average molecular weight is 338 g/mol. The van der Waals surface area contributed by atoms with Gasteiger partial charge in [-0.1, -0.05) is 69.7 Å². The summed E-state index contributed by atoms with van der Waals surface area (Å²) in [6, 6.07) is 10.2. The fourth-order valence-corrected chi connectivity index (χ4v) is 3.99. The van der Waals surface area contributed by atoms with Crippen LogP contribution in [0.1, 0.15) is 88.7 Å². The van der Waals surface area contributed by atoms with E-state index in [0.717, 1.165) is 30.2 Å². The molecule has 1 aliphatic carbocycles. The molecule has 0 saturated heterocycles. The van der Waals surface area contributed by atoms with Crippen LogP contribution in [0.2, 0.25) is 0 Å². The van der Waals surface area contributed by atoms with Crippen LogP contribution in [0.15, 0.2) is 36.4 Å². The monoisotopic (exact) mass is 337 g/mol. The van der Waals surface area contributed by atoms with Gasteiger partial charge < -0.3 is 0 Å². The molecule has 1 aliphatic rings. The summed E-state index contributed by atoms with van der Waals surface area (Å²) < 4.78 is 0. The van der Waals surface area contributed by atoms with Gasteiger partial charge in [0.1, 0.15) is 0 Å². The van der Waals surface area contributed by atoms with Crippen LogP contribution in [0.4, 0.5) is 0 Å². The number of nitriles is 1. The van der Waals surface area contributed by atoms with Crippen molar-refractivity contribution in [1.82, 2.24) is 0 Å². The summed E-state index contributed by atoms with van der Waals surface area (Å²) in [5.74, 6) is 1.82. The number of hydrogen-bond donors (Lipinski definition) is 0. The number of allylic oxidation sites excluding steroid dienone is 2. The van der Waals surface area contributed by atoms with Gasteiger partial charge in [0.05, 0.1) is 11.6 Å². The fraction of sp³-hybridized carbons (Fsp3) is 0.625. The Morgan fingerprint density at radius 1 is 1.00 bits per heavy atom. The zero-order valence-electron chi connectivity index (χ0n) is 16.1. The molecule has 1 aromatic carbocycles. The second kappa shape index (κ2) is 11.9. The Morgan fingerprint density at radius 2 is 1.72 bits per heavy atom. The molecule has 0 N–H and O–H groups in total. The van der Waals surface area contributed by atoms with E-state index in [4.69, 9.17) is 5.26 Å². The van der Waals surface area contributed by atoms with Crippen LogP contribution in [0.3, 0.4) is 0 Å². The molecule has 0 bridgehead atoms. The van der Waals surface area contributed by atoms with Gasteiger partial charge >= 0.3 is 0 Å². The van der Waals surface area contributed by atoms with Gasteiger partial charge in [-0.2, -0.15) is 5.26 Å². The second-order valence-electron chi connectivity index (χ2n) is 7.76. The molecule has 0 aliphatic heterocycles. The van der Waals surface area contributed by atoms with Gasteiger partial charge in [0.25, 0.3) is 0 Å². The highest BCUT2D eigenvalue weighted by Gasteiger charge is 2.18. The summed E-state index contributed by atoms with van der Waals surface area (Å²) in [6.45, 7) is 2.29. The van der Waals surface area contributed by atoms with Crippen molar-refractivity contribution in [3.05, 3.63) is 47.5 Å². The first-order valence-corrected chi connectivity index (χ1v) is 10.5. The third kappa shape index (κ3) is 7.91. The van der Waals surface area contributed by atoms with Crippen LogP contribution in [0.5, 0.6) is 0 Å². The van der Waals surface area contributed by atoms with Crippen molar-refractivity contribution >= 4 is 0 Å². The Hall–Kier alpha value is -1.55. The van der Waals surface area contributed by atoms with E-state index in [9.17, 15) is 0 Å². The Labute approximate surface area is 155 Å². The lowest BCUT2D eigenvalue weighted by molar-refractivity contribution is 0.288. The first kappa shape index (κ1) is 19.8. The van der Waals surface area contributed by atoms with E-state index in [1.165, 1.54) is 69.8 Å². The summed E-state index contributed by atoms with van der Waals surface area (Å²) in [5.41, 5.74) is 2.08. The van der Waals surface area contributed by atoms with Gasteiger partial charge in [-0.3, -0.25) is 0 Å². The lowest BCUT2D eigenvalue weighted by atomic mass is 9.79. The van der Waals surface area contributed by atoms with Crippen molar-refractivity contribution in [2.24, 2.45) is 11.8 Å². The highest BCUT2D eigenvalue weighted by molar-refractivity contribution is 5.31. The molecule has 1 heteroatoms. The molecule has 0 amide bonds. The molecule has 0 atom stereocenters. The van der Waals surface area contributed by atoms with E-state index in [1.807, 2.05) is 12.1 Å². The van der Waals surface area contributed by atoms with Crippen molar-refractivity contribution in [2.75, 3.05) is 0 Å². The molecule has 1 nitrogen and oxygen atoms in total. The third-order valence-corrected chi connectivity index (χ3v) is 5.70. The van der Waals surface area contributed by atoms with Crippen LogP contribution in [-0.4, -0.2) is 0 Å². The molecular formula is C24H35N. The Morgan fingerprint density at radius 3 is 2.40 bits per heavy atom. The van der Waals surface area contributed by atoms with Crippen LogP contribution in [0, 0.1) is 23.2 Å². The van der Waals surface area contributed by atoms with Gasteiger partial charge in [-0.05, 0) is 68.1 Å². The van der Waals surface area contributed by atoms with E-state index in [-0.39, 0.29) is 0 Å². The summed E-state index contributed by atoms with van der Waals surface area (Å²) in [4.78, 5) is 0. The van der Waals surface area contributed by atoms with Crippen molar-refractivity contribution in [1.29, 1.82) is 5.26 Å². The van der Waals surface area contributed by atoms with E-state index >= 15 is 0 Å². The van der Waals surface area contributed by atoms with Gasteiger partial charge in [0, 0.05) is 0 Å². The predicted octanol–water partition coefficient (Wildman–Crippen LogP) is 7.21. The largest absolute Gasteiger partial charge is 0.192 e. The standard InChI is InChI=1S/C24H35N/c1-2-3-4-5-6-9-21-12-14-22(15-13-21)10-7-8-11-23-16-18-24(20-25)19-17-23/h7,10,16-19,21-22H,2-6,8-9,11-15H2,1H3/b10-7+/t21-,22-. The quantitative estimate of drug-likeness (QED) is 0.327. The molecule has 2 rings (SSSR count). The highest BCUT2D eigenvalue weighted by atomic mass is 14.2. The second-order valence-corrected chi connectivity index (χ2v) is 7.76. The normalized spacial score (nSPS) is 20.6. The van der Waals surface area contributed by atoms with E-state index in [2.05, 4.69) is 37.3 Å². The highest BCUT2D eigenvalue weighted by Crippen LogP contribution is 2.32. The third-order valence-electron chi connectivity index (χ3n) is 5.70. The number of hydrogen-bond acceptors (Lipinski definition) is 1. The minimum atomic E-state index is 0.751. The molecule has 0 spiro atoms. The summed E-state index contributed by atoms with van der Waals surface area (Å²) in [6.07, 6.45) is 21.3. The molecule has 0 unspecified atom stereocenters. The van der Waals surface area contributed by atoms with Crippen LogP contribution < -0.4 is 0 Å². The molecule has 136 valence electrons. The molecule has 0 heterocycles. The van der Waals surface area contributed by atoms with E-state index < -0.39 is 0 Å². The summed E-state index contributed by atoms with van der Waals surface area (Å²) >= 11 is 0. The van der Waals surface area contributed by atoms with Gasteiger partial charge in [0.15, 0.2) is 0 Å². The van der Waals surface area contributed by atoms with Gasteiger partial charge in [0.2, 0.25) is 0 Å². The molecule has 1 aromatic rings. The van der Waals surface area contributed by atoms with E-state index in [0.29, 0.717) is 0 Å². The first-order chi connectivity index (χ1) is 12.3. The number of nitrogens with zero attached hydrogens (tertiary/aromatic N) is 1. The lowest BCUT2D eigenvalue weighted by Gasteiger charge is -2.26. The Bertz CT molecular complexity index is 526. The average Bonchev–Trinajstić information content (AvgIpc) is 2.66. The first-order valence-electron chi connectivity index (χ1n) is 10.5. The molecule has 1 saturated carbocycles. The Balaban J connectivity index is 1.56. The maximum atomic E-state index is 8.83. The smallest absolute Gasteiger partial charge is 0.0991 e. The molecular weight excluding hydrogens is 302 g/mol. The van der Waals surface area contributed by atoms with Crippen molar-refractivity contribution in [3.8, 4) is 6.07 Å². The van der Waals surface area contributed by atoms with Crippen molar-refractivity contribution in [3.63, 3.8) is 0 Å². The minimum absolute atomic E-state index is 0.751. The number of unbranched alkanes of at least 4 members (excludes halogenated alkanes) is 4. The number of aryl methyl sites for hydroxylation is 1. The number of benzene rings is 1. The molecule has 25 heavy (non-hydrogen) atoms. The lowest BCUT2D eigenvalue weighted by Crippen LogP contribution is -2.13. The zero-order valence-corrected chi connectivity index (χ0v) is 16.1. The van der Waals surface area contributed by atoms with Crippen molar-refractivity contribution in [2.45, 2.75) is 84.0 Å². The van der Waals surface area contributed by atoms with Crippen LogP contribution >= 0.6 is 0 Å². The van der Waals surface area contributed by atoms with Gasteiger partial charge in [-0.25, -0.2) is 0 Å². The van der Waals surface area contributed by atoms with Crippen molar-refractivity contribution < 1.29 is 0 Å². The topological polar surface area (TPSA) is 23.8 Å². The maximum Gasteiger partial charge on any atom is 0.0991 e. The van der Waals surface area contributed by atoms with E-state index in [1.54, 1.807) is 0 Å². The molecule has 0 aromatic heterocycles. The van der Waals surface area contributed by atoms with Crippen LogP contribution in [0.25, 0.3) is 0 Å². The minimum Gasteiger partial charge on any atom is -0.192 e. The summed E-state index contributed by atoms with van der Waals surface area (Å²) in [7, 11) is 0. The molecule has 1 fully saturated rings. The SMILES string of the molecule is CCCCCCC[C@H]1CC[C@H](/C=C/CCc2ccc(C#N)cc2)CC1. The summed E-state index contributed by atoms with van der Waals surface area (Å²) in [5, 5.41) is 8.83. The number of rotatable bonds is 10. The van der Waals surface area contributed by atoms with Crippen LogP contribution in [-0.2, 0) is 6.42 Å². The predicted molar refractivity (Wildman–Crippen MR) is 107 cm³/mol. The Kier molecular flexibility index (Phi) is 9.42. The van der Waals surface area contributed by atoms with Gasteiger partial charge in [-0.15, -0.1) is 0 Å². The molecule has 0 radical (unpaired) electrons. The zero-order chi connectivity index (χ0) is 17.7.